The molecular weight excluding hydrogens is 300 g/mol. The molecule has 0 spiro atoms. The van der Waals surface area contributed by atoms with Crippen molar-refractivity contribution >= 4 is 15.9 Å². The molecule has 0 aliphatic carbocycles. The molecule has 0 aliphatic rings. The van der Waals surface area contributed by atoms with E-state index in [-0.39, 0.29) is 0 Å². The Balaban J connectivity index is 2.47. The fourth-order valence-electron chi connectivity index (χ4n) is 2.15. The zero-order chi connectivity index (χ0) is 14.3. The molecule has 2 nitrogen and oxygen atoms in total. The molecule has 0 saturated carbocycles. The van der Waals surface area contributed by atoms with Gasteiger partial charge in [0.25, 0.3) is 0 Å². The van der Waals surface area contributed by atoms with Crippen LogP contribution in [0.5, 0.6) is 0 Å². The predicted octanol–water partition coefficient (Wildman–Crippen LogP) is 4.08. The average Bonchev–Trinajstić information content (AvgIpc) is 2.39. The molecule has 0 saturated heterocycles. The number of nitrogens with one attached hydrogen (secondary N) is 1. The summed E-state index contributed by atoms with van der Waals surface area (Å²) in [5, 5.41) is 3.42. The van der Waals surface area contributed by atoms with Gasteiger partial charge in [0.1, 0.15) is 0 Å². The van der Waals surface area contributed by atoms with E-state index in [9.17, 15) is 0 Å². The van der Waals surface area contributed by atoms with E-state index in [1.54, 1.807) is 0 Å². The molecule has 0 heterocycles. The zero-order valence-electron chi connectivity index (χ0n) is 12.6. The minimum Gasteiger partial charge on any atom is -0.313 e. The van der Waals surface area contributed by atoms with Crippen molar-refractivity contribution < 1.29 is 0 Å². The molecule has 0 radical (unpaired) electrons. The fourth-order valence-corrected chi connectivity index (χ4v) is 2.71. The largest absolute Gasteiger partial charge is 0.313 e. The van der Waals surface area contributed by atoms with Crippen LogP contribution in [-0.4, -0.2) is 32.1 Å². The monoisotopic (exact) mass is 326 g/mol. The van der Waals surface area contributed by atoms with Crippen LogP contribution in [0.15, 0.2) is 28.7 Å². The van der Waals surface area contributed by atoms with Crippen molar-refractivity contribution in [2.75, 3.05) is 27.2 Å². The first-order valence-electron chi connectivity index (χ1n) is 7.14. The van der Waals surface area contributed by atoms with Crippen LogP contribution in [0.1, 0.15) is 38.3 Å². The molecule has 1 N–H and O–H groups in total. The van der Waals surface area contributed by atoms with Crippen molar-refractivity contribution in [3.05, 3.63) is 34.3 Å². The third-order valence-electron chi connectivity index (χ3n) is 3.52. The minimum absolute atomic E-state index is 0.414. The summed E-state index contributed by atoms with van der Waals surface area (Å²) in [6, 6.07) is 8.89. The molecule has 0 aromatic heterocycles. The van der Waals surface area contributed by atoms with Crippen molar-refractivity contribution in [3.63, 3.8) is 0 Å². The van der Waals surface area contributed by atoms with Crippen molar-refractivity contribution in [2.24, 2.45) is 5.92 Å². The van der Waals surface area contributed by atoms with Crippen LogP contribution in [0, 0.1) is 5.92 Å². The quantitative estimate of drug-likeness (QED) is 0.774. The molecule has 1 aromatic carbocycles. The van der Waals surface area contributed by atoms with Gasteiger partial charge in [-0.2, -0.15) is 0 Å². The number of halogens is 1. The smallest absolute Gasteiger partial charge is 0.0340 e. The first-order chi connectivity index (χ1) is 9.04. The van der Waals surface area contributed by atoms with E-state index in [1.165, 1.54) is 23.0 Å². The average molecular weight is 327 g/mol. The highest BCUT2D eigenvalue weighted by Gasteiger charge is 2.12. The van der Waals surface area contributed by atoms with Crippen LogP contribution in [0.3, 0.4) is 0 Å². The van der Waals surface area contributed by atoms with Crippen LogP contribution < -0.4 is 5.32 Å². The minimum atomic E-state index is 0.414. The highest BCUT2D eigenvalue weighted by Crippen LogP contribution is 2.25. The molecule has 1 unspecified atom stereocenters. The second-order valence-electron chi connectivity index (χ2n) is 5.64. The van der Waals surface area contributed by atoms with E-state index in [1.807, 2.05) is 7.05 Å². The first-order valence-corrected chi connectivity index (χ1v) is 7.94. The molecule has 1 aromatic rings. The van der Waals surface area contributed by atoms with Gasteiger partial charge >= 0.3 is 0 Å². The van der Waals surface area contributed by atoms with Crippen molar-refractivity contribution in [1.29, 1.82) is 0 Å². The second-order valence-corrected chi connectivity index (χ2v) is 6.49. The molecule has 0 aliphatic heterocycles. The van der Waals surface area contributed by atoms with Crippen LogP contribution in [-0.2, 0) is 0 Å². The van der Waals surface area contributed by atoms with Gasteiger partial charge in [0.15, 0.2) is 0 Å². The zero-order valence-corrected chi connectivity index (χ0v) is 14.2. The number of hydrogen-bond donors (Lipinski definition) is 1. The standard InChI is InChI=1S/C16H27BrN2/c1-13(2)9-11-19(4)12-10-16(18-3)14-7-5-6-8-15(14)17/h5-8,13,16,18H,9-12H2,1-4H3. The maximum absolute atomic E-state index is 3.64. The Kier molecular flexibility index (Phi) is 7.66. The Hall–Kier alpha value is -0.380. The Labute approximate surface area is 126 Å². The number of nitrogens with zero attached hydrogens (tertiary/aromatic N) is 1. The molecule has 0 fully saturated rings. The van der Waals surface area contributed by atoms with Crippen molar-refractivity contribution in [2.45, 2.75) is 32.7 Å². The SMILES string of the molecule is CNC(CCN(C)CCC(C)C)c1ccccc1Br. The number of rotatable bonds is 8. The Bertz CT molecular complexity index is 366. The molecule has 0 bridgehead atoms. The van der Waals surface area contributed by atoms with Gasteiger partial charge in [-0.3, -0.25) is 0 Å². The molecule has 1 rings (SSSR count). The van der Waals surface area contributed by atoms with E-state index >= 15 is 0 Å². The summed E-state index contributed by atoms with van der Waals surface area (Å²) in [6.07, 6.45) is 2.41. The maximum Gasteiger partial charge on any atom is 0.0340 e. The Morgan fingerprint density at radius 3 is 2.37 bits per heavy atom. The lowest BCUT2D eigenvalue weighted by Crippen LogP contribution is -2.27. The first kappa shape index (κ1) is 16.7. The van der Waals surface area contributed by atoms with Crippen LogP contribution in [0.4, 0.5) is 0 Å². The highest BCUT2D eigenvalue weighted by molar-refractivity contribution is 9.10. The lowest BCUT2D eigenvalue weighted by Gasteiger charge is -2.23. The summed E-state index contributed by atoms with van der Waals surface area (Å²) in [5.74, 6) is 0.783. The van der Waals surface area contributed by atoms with E-state index in [4.69, 9.17) is 0 Å². The van der Waals surface area contributed by atoms with Gasteiger partial charge in [0, 0.05) is 10.5 Å². The fraction of sp³-hybridized carbons (Fsp3) is 0.625. The van der Waals surface area contributed by atoms with Gasteiger partial charge < -0.3 is 10.2 Å². The molecule has 19 heavy (non-hydrogen) atoms. The summed E-state index contributed by atoms with van der Waals surface area (Å²) < 4.78 is 1.19. The Morgan fingerprint density at radius 1 is 1.16 bits per heavy atom. The lowest BCUT2D eigenvalue weighted by molar-refractivity contribution is 0.292. The predicted molar refractivity (Wildman–Crippen MR) is 87.5 cm³/mol. The summed E-state index contributed by atoms with van der Waals surface area (Å²) >= 11 is 3.64. The van der Waals surface area contributed by atoms with Gasteiger partial charge in [-0.15, -0.1) is 0 Å². The van der Waals surface area contributed by atoms with Crippen LogP contribution in [0.2, 0.25) is 0 Å². The van der Waals surface area contributed by atoms with Gasteiger partial charge in [0.05, 0.1) is 0 Å². The summed E-state index contributed by atoms with van der Waals surface area (Å²) in [5.41, 5.74) is 1.35. The number of benzene rings is 1. The van der Waals surface area contributed by atoms with Crippen molar-refractivity contribution in [1.82, 2.24) is 10.2 Å². The summed E-state index contributed by atoms with van der Waals surface area (Å²) in [4.78, 5) is 2.43. The van der Waals surface area contributed by atoms with Gasteiger partial charge in [-0.25, -0.2) is 0 Å². The molecule has 0 amide bonds. The topological polar surface area (TPSA) is 15.3 Å². The van der Waals surface area contributed by atoms with E-state index in [0.29, 0.717) is 6.04 Å². The molecule has 3 heteroatoms. The van der Waals surface area contributed by atoms with E-state index < -0.39 is 0 Å². The van der Waals surface area contributed by atoms with Gasteiger partial charge in [-0.05, 0) is 57.6 Å². The van der Waals surface area contributed by atoms with Gasteiger partial charge in [-0.1, -0.05) is 48.0 Å². The Morgan fingerprint density at radius 2 is 1.79 bits per heavy atom. The van der Waals surface area contributed by atoms with Crippen LogP contribution >= 0.6 is 15.9 Å². The summed E-state index contributed by atoms with van der Waals surface area (Å²) in [7, 11) is 4.26. The summed E-state index contributed by atoms with van der Waals surface area (Å²) in [6.45, 7) is 6.88. The van der Waals surface area contributed by atoms with Crippen LogP contribution in [0.25, 0.3) is 0 Å². The van der Waals surface area contributed by atoms with Gasteiger partial charge in [0.2, 0.25) is 0 Å². The lowest BCUT2D eigenvalue weighted by atomic mass is 10.0. The van der Waals surface area contributed by atoms with E-state index in [2.05, 4.69) is 71.3 Å². The van der Waals surface area contributed by atoms with Crippen molar-refractivity contribution in [3.8, 4) is 0 Å². The molecule has 1 atom stereocenters. The van der Waals surface area contributed by atoms with E-state index in [0.717, 1.165) is 18.9 Å². The highest BCUT2D eigenvalue weighted by atomic mass is 79.9. The second kappa shape index (κ2) is 8.72. The third-order valence-corrected chi connectivity index (χ3v) is 4.24. The molecular formula is C16H27BrN2. The molecule has 108 valence electrons. The third kappa shape index (κ3) is 6.07. The maximum atomic E-state index is 3.64. The number of hydrogen-bond acceptors (Lipinski definition) is 2. The normalized spacial score (nSPS) is 13.2.